The van der Waals surface area contributed by atoms with Gasteiger partial charge >= 0.3 is 0 Å². The third-order valence-corrected chi connectivity index (χ3v) is 6.39. The summed E-state index contributed by atoms with van der Waals surface area (Å²) in [5.41, 5.74) is 7.96. The smallest absolute Gasteiger partial charge is 0.252 e. The maximum atomic E-state index is 13.2. The first-order valence-corrected chi connectivity index (χ1v) is 11.5. The second kappa shape index (κ2) is 9.33. The number of anilines is 1. The van der Waals surface area contributed by atoms with Gasteiger partial charge in [0.05, 0.1) is 6.04 Å². The predicted molar refractivity (Wildman–Crippen MR) is 135 cm³/mol. The highest BCUT2D eigenvalue weighted by Gasteiger charge is 2.20. The lowest BCUT2D eigenvalue weighted by Crippen LogP contribution is -2.29. The standard InChI is InChI=1S/C30H28N2O/c1-22-11-15-26(16-12-22)29(25-8-3-2-4-9-25)31-30(33)27-17-13-23(14-18-27)21-32-20-19-24-7-5-6-10-28(24)32/h2-18,29H,19-21H2,1H3,(H,31,33)/t29-/m1/s1. The predicted octanol–water partition coefficient (Wildman–Crippen LogP) is 6.08. The fourth-order valence-corrected chi connectivity index (χ4v) is 4.53. The molecule has 1 aliphatic heterocycles. The van der Waals surface area contributed by atoms with Gasteiger partial charge in [-0.15, -0.1) is 0 Å². The number of rotatable bonds is 6. The molecule has 4 aromatic rings. The van der Waals surface area contributed by atoms with Gasteiger partial charge in [-0.3, -0.25) is 4.79 Å². The molecule has 1 amide bonds. The normalized spacial score (nSPS) is 13.4. The Kier molecular flexibility index (Phi) is 5.95. The molecule has 0 aromatic heterocycles. The number of benzene rings is 4. The molecule has 164 valence electrons. The van der Waals surface area contributed by atoms with E-state index in [-0.39, 0.29) is 11.9 Å². The van der Waals surface area contributed by atoms with Crippen molar-refractivity contribution in [3.05, 3.63) is 137 Å². The largest absolute Gasteiger partial charge is 0.367 e. The summed E-state index contributed by atoms with van der Waals surface area (Å²) in [7, 11) is 0. The molecule has 1 aliphatic rings. The van der Waals surface area contributed by atoms with Crippen LogP contribution in [0.4, 0.5) is 5.69 Å². The van der Waals surface area contributed by atoms with Crippen LogP contribution in [0.5, 0.6) is 0 Å². The van der Waals surface area contributed by atoms with Crippen LogP contribution in [-0.4, -0.2) is 12.5 Å². The van der Waals surface area contributed by atoms with E-state index in [0.717, 1.165) is 30.6 Å². The van der Waals surface area contributed by atoms with Gasteiger partial charge < -0.3 is 10.2 Å². The summed E-state index contributed by atoms with van der Waals surface area (Å²) in [6.45, 7) is 3.97. The molecule has 0 unspecified atom stereocenters. The summed E-state index contributed by atoms with van der Waals surface area (Å²) in [5, 5.41) is 3.24. The Bertz CT molecular complexity index is 1230. The molecule has 3 nitrogen and oxygen atoms in total. The van der Waals surface area contributed by atoms with Crippen LogP contribution in [0.15, 0.2) is 103 Å². The van der Waals surface area contributed by atoms with Crippen LogP contribution in [0.1, 0.15) is 44.2 Å². The van der Waals surface area contributed by atoms with Crippen molar-refractivity contribution in [2.75, 3.05) is 11.4 Å². The van der Waals surface area contributed by atoms with Crippen LogP contribution in [-0.2, 0) is 13.0 Å². The van der Waals surface area contributed by atoms with Gasteiger partial charge in [0.25, 0.3) is 5.91 Å². The number of carbonyl (C=O) groups excluding carboxylic acids is 1. The van der Waals surface area contributed by atoms with E-state index in [2.05, 4.69) is 89.9 Å². The Balaban J connectivity index is 1.31. The van der Waals surface area contributed by atoms with Crippen LogP contribution in [0.2, 0.25) is 0 Å². The average Bonchev–Trinajstić information content (AvgIpc) is 3.27. The lowest BCUT2D eigenvalue weighted by molar-refractivity contribution is 0.0943. The van der Waals surface area contributed by atoms with Gasteiger partial charge in [0.15, 0.2) is 0 Å². The zero-order valence-corrected chi connectivity index (χ0v) is 18.9. The number of fused-ring (bicyclic) bond motifs is 1. The molecule has 0 saturated carbocycles. The molecule has 5 rings (SSSR count). The van der Waals surface area contributed by atoms with E-state index in [9.17, 15) is 4.79 Å². The zero-order chi connectivity index (χ0) is 22.6. The number of nitrogens with zero attached hydrogens (tertiary/aromatic N) is 1. The SMILES string of the molecule is Cc1ccc([C@H](NC(=O)c2ccc(CN3CCc4ccccc43)cc2)c2ccccc2)cc1. The van der Waals surface area contributed by atoms with E-state index in [1.54, 1.807) is 0 Å². The number of carbonyl (C=O) groups is 1. The maximum absolute atomic E-state index is 13.2. The first kappa shape index (κ1) is 21.0. The van der Waals surface area contributed by atoms with Gasteiger partial charge in [-0.25, -0.2) is 0 Å². The van der Waals surface area contributed by atoms with Crippen molar-refractivity contribution in [1.82, 2.24) is 5.32 Å². The van der Waals surface area contributed by atoms with E-state index in [4.69, 9.17) is 0 Å². The van der Waals surface area contributed by atoms with Gasteiger partial charge in [0.2, 0.25) is 0 Å². The summed E-state index contributed by atoms with van der Waals surface area (Å²) in [6.07, 6.45) is 1.09. The summed E-state index contributed by atoms with van der Waals surface area (Å²) < 4.78 is 0. The van der Waals surface area contributed by atoms with Crippen LogP contribution < -0.4 is 10.2 Å². The highest BCUT2D eigenvalue weighted by atomic mass is 16.1. The fraction of sp³-hybridized carbons (Fsp3) is 0.167. The van der Waals surface area contributed by atoms with Crippen LogP contribution in [0, 0.1) is 6.92 Å². The minimum absolute atomic E-state index is 0.0671. The highest BCUT2D eigenvalue weighted by molar-refractivity contribution is 5.94. The highest BCUT2D eigenvalue weighted by Crippen LogP contribution is 2.29. The molecule has 4 aromatic carbocycles. The van der Waals surface area contributed by atoms with E-state index in [1.807, 2.05) is 30.3 Å². The van der Waals surface area contributed by atoms with Crippen molar-refractivity contribution >= 4 is 11.6 Å². The summed E-state index contributed by atoms with van der Waals surface area (Å²) in [6, 6.07) is 34.9. The molecule has 0 bridgehead atoms. The number of hydrogen-bond acceptors (Lipinski definition) is 2. The van der Waals surface area contributed by atoms with E-state index in [1.165, 1.54) is 22.4 Å². The third-order valence-electron chi connectivity index (χ3n) is 6.39. The number of nitrogens with one attached hydrogen (secondary N) is 1. The minimum atomic E-state index is -0.194. The van der Waals surface area contributed by atoms with Crippen LogP contribution in [0.3, 0.4) is 0 Å². The molecule has 0 radical (unpaired) electrons. The fourth-order valence-electron chi connectivity index (χ4n) is 4.53. The first-order chi connectivity index (χ1) is 16.2. The Hall–Kier alpha value is -3.85. The molecular weight excluding hydrogens is 404 g/mol. The number of amides is 1. The van der Waals surface area contributed by atoms with Crippen LogP contribution >= 0.6 is 0 Å². The van der Waals surface area contributed by atoms with Crippen molar-refractivity contribution in [1.29, 1.82) is 0 Å². The molecule has 0 saturated heterocycles. The van der Waals surface area contributed by atoms with Crippen molar-refractivity contribution < 1.29 is 4.79 Å². The number of para-hydroxylation sites is 1. The number of hydrogen-bond donors (Lipinski definition) is 1. The lowest BCUT2D eigenvalue weighted by Gasteiger charge is -2.21. The van der Waals surface area contributed by atoms with Gasteiger partial charge in [-0.2, -0.15) is 0 Å². The van der Waals surface area contributed by atoms with Crippen molar-refractivity contribution in [2.45, 2.75) is 25.9 Å². The van der Waals surface area contributed by atoms with Crippen molar-refractivity contribution in [2.24, 2.45) is 0 Å². The third kappa shape index (κ3) is 4.68. The second-order valence-electron chi connectivity index (χ2n) is 8.73. The minimum Gasteiger partial charge on any atom is -0.367 e. The molecule has 0 spiro atoms. The molecule has 1 heterocycles. The lowest BCUT2D eigenvalue weighted by atomic mass is 9.97. The number of aryl methyl sites for hydroxylation is 1. The summed E-state index contributed by atoms with van der Waals surface area (Å²) in [4.78, 5) is 15.6. The van der Waals surface area contributed by atoms with Crippen molar-refractivity contribution in [3.8, 4) is 0 Å². The summed E-state index contributed by atoms with van der Waals surface area (Å²) >= 11 is 0. The molecule has 3 heteroatoms. The molecule has 1 atom stereocenters. The molecule has 0 fully saturated rings. The van der Waals surface area contributed by atoms with E-state index in [0.29, 0.717) is 5.56 Å². The van der Waals surface area contributed by atoms with E-state index < -0.39 is 0 Å². The van der Waals surface area contributed by atoms with Crippen molar-refractivity contribution in [3.63, 3.8) is 0 Å². The quantitative estimate of drug-likeness (QED) is 0.401. The molecular formula is C30H28N2O. The Morgan fingerprint density at radius 2 is 1.48 bits per heavy atom. The Labute approximate surface area is 195 Å². The molecule has 33 heavy (non-hydrogen) atoms. The van der Waals surface area contributed by atoms with Gasteiger partial charge in [0.1, 0.15) is 0 Å². The monoisotopic (exact) mass is 432 g/mol. The first-order valence-electron chi connectivity index (χ1n) is 11.5. The van der Waals surface area contributed by atoms with Gasteiger partial charge in [0, 0.05) is 24.3 Å². The van der Waals surface area contributed by atoms with Crippen LogP contribution in [0.25, 0.3) is 0 Å². The average molecular weight is 433 g/mol. The summed E-state index contributed by atoms with van der Waals surface area (Å²) in [5.74, 6) is -0.0671. The molecule has 1 N–H and O–H groups in total. The second-order valence-corrected chi connectivity index (χ2v) is 8.73. The maximum Gasteiger partial charge on any atom is 0.252 e. The Morgan fingerprint density at radius 3 is 2.24 bits per heavy atom. The van der Waals surface area contributed by atoms with Gasteiger partial charge in [-0.1, -0.05) is 90.5 Å². The zero-order valence-electron chi connectivity index (χ0n) is 18.9. The van der Waals surface area contributed by atoms with Gasteiger partial charge in [-0.05, 0) is 53.8 Å². The van der Waals surface area contributed by atoms with E-state index >= 15 is 0 Å². The topological polar surface area (TPSA) is 32.3 Å². The molecule has 0 aliphatic carbocycles. The Morgan fingerprint density at radius 1 is 0.818 bits per heavy atom.